The Balaban J connectivity index is 0. The van der Waals surface area contributed by atoms with E-state index in [2.05, 4.69) is 12.1 Å². The van der Waals surface area contributed by atoms with Gasteiger partial charge < -0.3 is 4.74 Å². The molecule has 0 aliphatic rings. The highest BCUT2D eigenvalue weighted by molar-refractivity contribution is 4.91. The lowest BCUT2D eigenvalue weighted by molar-refractivity contribution is 0.145. The van der Waals surface area contributed by atoms with Gasteiger partial charge in [0.25, 0.3) is 0 Å². The Morgan fingerprint density at radius 3 is 1.71 bits per heavy atom. The van der Waals surface area contributed by atoms with E-state index < -0.39 is 0 Å². The van der Waals surface area contributed by atoms with E-state index in [1.54, 1.807) is 6.92 Å². The number of rotatable bonds is 8. The highest BCUT2D eigenvalue weighted by Gasteiger charge is 2.11. The summed E-state index contributed by atoms with van der Waals surface area (Å²) in [4.78, 5) is 0. The lowest BCUT2D eigenvalue weighted by Crippen LogP contribution is -2.02. The molecular formula is C15H19N5O. The molecule has 0 aromatic heterocycles. The molecule has 0 aromatic rings. The molecule has 0 amide bonds. The lowest BCUT2D eigenvalue weighted by atomic mass is 9.94. The van der Waals surface area contributed by atoms with Crippen LogP contribution in [0.15, 0.2) is 0 Å². The molecule has 0 aromatic carbocycles. The lowest BCUT2D eigenvalue weighted by Gasteiger charge is -2.06. The molecular weight excluding hydrogens is 266 g/mol. The van der Waals surface area contributed by atoms with Crippen LogP contribution in [-0.4, -0.2) is 13.2 Å². The van der Waals surface area contributed by atoms with Crippen molar-refractivity contribution in [1.29, 1.82) is 26.3 Å². The fourth-order valence-corrected chi connectivity index (χ4v) is 1.29. The van der Waals surface area contributed by atoms with Crippen molar-refractivity contribution in [2.75, 3.05) is 13.2 Å². The molecule has 110 valence electrons. The molecule has 0 saturated heterocycles. The maximum Gasteiger partial charge on any atom is 0.0656 e. The first kappa shape index (κ1) is 20.7. The van der Waals surface area contributed by atoms with Gasteiger partial charge in [0.05, 0.1) is 56.4 Å². The van der Waals surface area contributed by atoms with E-state index in [1.165, 1.54) is 0 Å². The first-order valence-corrected chi connectivity index (χ1v) is 6.64. The number of hydrogen-bond donors (Lipinski definition) is 0. The fraction of sp³-hybridized carbons (Fsp3) is 0.667. The average molecular weight is 285 g/mol. The van der Waals surface area contributed by atoms with E-state index in [4.69, 9.17) is 31.0 Å². The topological polar surface area (TPSA) is 128 Å². The predicted octanol–water partition coefficient (Wildman–Crippen LogP) is 2.81. The number of hydrogen-bond acceptors (Lipinski definition) is 6. The minimum atomic E-state index is -0.140. The van der Waals surface area contributed by atoms with Gasteiger partial charge in [0.15, 0.2) is 0 Å². The van der Waals surface area contributed by atoms with E-state index in [9.17, 15) is 0 Å². The van der Waals surface area contributed by atoms with Gasteiger partial charge in [-0.2, -0.15) is 26.3 Å². The van der Waals surface area contributed by atoms with E-state index in [0.29, 0.717) is 45.3 Å². The van der Waals surface area contributed by atoms with Gasteiger partial charge in [-0.15, -0.1) is 0 Å². The predicted molar refractivity (Wildman–Crippen MR) is 74.6 cm³/mol. The minimum Gasteiger partial charge on any atom is -0.379 e. The van der Waals surface area contributed by atoms with Crippen LogP contribution in [0.1, 0.15) is 39.0 Å². The molecule has 0 spiro atoms. The summed E-state index contributed by atoms with van der Waals surface area (Å²) in [6, 6.07) is 10.0. The summed E-state index contributed by atoms with van der Waals surface area (Å²) in [6.07, 6.45) is 2.38. The van der Waals surface area contributed by atoms with E-state index in [-0.39, 0.29) is 11.8 Å². The Bertz CT molecular complexity index is 439. The monoisotopic (exact) mass is 285 g/mol. The zero-order chi connectivity index (χ0) is 16.3. The second kappa shape index (κ2) is 17.4. The molecule has 0 aliphatic carbocycles. The van der Waals surface area contributed by atoms with Crippen LogP contribution >= 0.6 is 0 Å². The van der Waals surface area contributed by atoms with Crippen LogP contribution in [0.5, 0.6) is 0 Å². The van der Waals surface area contributed by atoms with Gasteiger partial charge in [0.2, 0.25) is 0 Å². The van der Waals surface area contributed by atoms with Crippen LogP contribution in [0.2, 0.25) is 0 Å². The summed E-state index contributed by atoms with van der Waals surface area (Å²) in [5, 5.41) is 41.4. The van der Waals surface area contributed by atoms with Gasteiger partial charge in [-0.3, -0.25) is 0 Å². The molecule has 6 nitrogen and oxygen atoms in total. The Morgan fingerprint density at radius 2 is 1.33 bits per heavy atom. The molecule has 6 heteroatoms. The Labute approximate surface area is 126 Å². The fourth-order valence-electron chi connectivity index (χ4n) is 1.29. The van der Waals surface area contributed by atoms with Crippen molar-refractivity contribution in [3.05, 3.63) is 0 Å². The highest BCUT2D eigenvalue weighted by atomic mass is 16.5. The van der Waals surface area contributed by atoms with Gasteiger partial charge in [-0.1, -0.05) is 0 Å². The van der Waals surface area contributed by atoms with Crippen molar-refractivity contribution in [2.24, 2.45) is 11.8 Å². The van der Waals surface area contributed by atoms with Gasteiger partial charge in [-0.05, 0) is 19.8 Å². The first-order chi connectivity index (χ1) is 10.2. The largest absolute Gasteiger partial charge is 0.379 e. The number of nitriles is 5. The van der Waals surface area contributed by atoms with Crippen molar-refractivity contribution < 1.29 is 4.74 Å². The van der Waals surface area contributed by atoms with Crippen LogP contribution < -0.4 is 0 Å². The van der Waals surface area contributed by atoms with Gasteiger partial charge >= 0.3 is 0 Å². The average Bonchev–Trinajstić information content (AvgIpc) is 2.51. The van der Waals surface area contributed by atoms with Crippen molar-refractivity contribution in [2.45, 2.75) is 39.0 Å². The first-order valence-electron chi connectivity index (χ1n) is 6.64. The molecule has 0 rings (SSSR count). The molecule has 21 heavy (non-hydrogen) atoms. The normalized spacial score (nSPS) is 11.0. The second-order valence-corrected chi connectivity index (χ2v) is 4.22. The third-order valence-corrected chi connectivity index (χ3v) is 2.36. The quantitative estimate of drug-likeness (QED) is 0.630. The van der Waals surface area contributed by atoms with Crippen molar-refractivity contribution >= 4 is 0 Å². The van der Waals surface area contributed by atoms with E-state index >= 15 is 0 Å². The summed E-state index contributed by atoms with van der Waals surface area (Å²) in [5.74, 6) is -0.229. The third kappa shape index (κ3) is 17.4. The van der Waals surface area contributed by atoms with Crippen LogP contribution in [0.3, 0.4) is 0 Å². The minimum absolute atomic E-state index is 0.0895. The zero-order valence-corrected chi connectivity index (χ0v) is 12.2. The number of ether oxygens (including phenoxy) is 1. The highest BCUT2D eigenvalue weighted by Crippen LogP contribution is 2.15. The molecule has 2 atom stereocenters. The van der Waals surface area contributed by atoms with Crippen LogP contribution in [0.25, 0.3) is 0 Å². The van der Waals surface area contributed by atoms with E-state index in [1.807, 2.05) is 18.2 Å². The van der Waals surface area contributed by atoms with Crippen molar-refractivity contribution in [1.82, 2.24) is 0 Å². The molecule has 0 fully saturated rings. The van der Waals surface area contributed by atoms with Gasteiger partial charge in [0, 0.05) is 18.3 Å². The molecule has 0 heterocycles. The molecule has 2 unspecified atom stereocenters. The zero-order valence-electron chi connectivity index (χ0n) is 12.2. The molecule has 0 N–H and O–H groups in total. The second-order valence-electron chi connectivity index (χ2n) is 4.22. The molecule has 0 bridgehead atoms. The van der Waals surface area contributed by atoms with E-state index in [0.717, 1.165) is 0 Å². The summed E-state index contributed by atoms with van der Waals surface area (Å²) in [6.45, 7) is 2.67. The summed E-state index contributed by atoms with van der Waals surface area (Å²) in [5.41, 5.74) is 0. The smallest absolute Gasteiger partial charge is 0.0656 e. The third-order valence-electron chi connectivity index (χ3n) is 2.36. The van der Waals surface area contributed by atoms with Crippen molar-refractivity contribution in [3.63, 3.8) is 0 Å². The molecule has 0 aliphatic heterocycles. The SMILES string of the molecule is CC(C#N)CC(C#N)CCC#N.N#CCCOCCC#N. The maximum absolute atomic E-state index is 8.63. The van der Waals surface area contributed by atoms with Crippen LogP contribution in [0, 0.1) is 68.5 Å². The van der Waals surface area contributed by atoms with Gasteiger partial charge in [-0.25, -0.2) is 0 Å². The Kier molecular flexibility index (Phi) is 17.2. The van der Waals surface area contributed by atoms with Crippen molar-refractivity contribution in [3.8, 4) is 30.3 Å². The maximum atomic E-state index is 8.63. The molecule has 0 saturated carbocycles. The van der Waals surface area contributed by atoms with Crippen LogP contribution in [0.4, 0.5) is 0 Å². The molecule has 0 radical (unpaired) electrons. The number of nitrogens with zero attached hydrogens (tertiary/aromatic N) is 5. The Hall–Kier alpha value is -2.59. The standard InChI is InChI=1S/C9H11N3.C6H8N2O/c1-8(6-11)5-9(7-12)3-2-4-10;7-3-1-5-9-6-2-4-8/h8-9H,2-3,5H2,1H3;1-2,5-6H2. The van der Waals surface area contributed by atoms with Gasteiger partial charge in [0.1, 0.15) is 0 Å². The summed E-state index contributed by atoms with van der Waals surface area (Å²) in [7, 11) is 0. The Morgan fingerprint density at radius 1 is 0.810 bits per heavy atom. The van der Waals surface area contributed by atoms with Crippen LogP contribution in [-0.2, 0) is 4.74 Å². The summed E-state index contributed by atoms with van der Waals surface area (Å²) < 4.78 is 4.87. The summed E-state index contributed by atoms with van der Waals surface area (Å²) >= 11 is 0.